The number of thioether (sulfide) groups is 1. The number of unbranched alkanes of at least 4 members (excludes halogenated alkanes) is 1. The van der Waals surface area contributed by atoms with Crippen molar-refractivity contribution in [2.75, 3.05) is 18.6 Å². The molecule has 0 aromatic heterocycles. The summed E-state index contributed by atoms with van der Waals surface area (Å²) >= 11 is 1.51. The van der Waals surface area contributed by atoms with Crippen molar-refractivity contribution >= 4 is 35.5 Å². The molecule has 0 aliphatic carbocycles. The Hall–Kier alpha value is -1.85. The topological polar surface area (TPSA) is 177 Å². The zero-order chi connectivity index (χ0) is 25.6. The molecule has 192 valence electrons. The molecule has 0 aromatic carbocycles. The third-order valence-electron chi connectivity index (χ3n) is 5.57. The van der Waals surface area contributed by atoms with Gasteiger partial charge in [0.15, 0.2) is 0 Å². The molecule has 0 spiro atoms. The summed E-state index contributed by atoms with van der Waals surface area (Å²) in [6.07, 6.45) is 4.70. The first-order valence-electron chi connectivity index (χ1n) is 11.6. The van der Waals surface area contributed by atoms with Crippen LogP contribution in [0.1, 0.15) is 59.8 Å². The van der Waals surface area contributed by atoms with Gasteiger partial charge in [-0.1, -0.05) is 40.5 Å². The summed E-state index contributed by atoms with van der Waals surface area (Å²) in [5.74, 6) is -2.56. The van der Waals surface area contributed by atoms with E-state index in [9.17, 15) is 24.3 Å². The highest BCUT2D eigenvalue weighted by atomic mass is 32.2. The van der Waals surface area contributed by atoms with Crippen LogP contribution in [0.5, 0.6) is 0 Å². The molecule has 3 amide bonds. The molecule has 0 aromatic rings. The summed E-state index contributed by atoms with van der Waals surface area (Å²) < 4.78 is 0. The van der Waals surface area contributed by atoms with Crippen molar-refractivity contribution in [3.05, 3.63) is 0 Å². The average molecular weight is 490 g/mol. The number of carbonyl (C=O) groups is 4. The fraction of sp³-hybridized carbons (Fsp3) is 0.818. The van der Waals surface area contributed by atoms with Crippen LogP contribution in [0.3, 0.4) is 0 Å². The Morgan fingerprint density at radius 1 is 0.909 bits per heavy atom. The third-order valence-corrected chi connectivity index (χ3v) is 6.22. The van der Waals surface area contributed by atoms with Crippen molar-refractivity contribution in [1.29, 1.82) is 0 Å². The van der Waals surface area contributed by atoms with Gasteiger partial charge in [0.05, 0.1) is 6.04 Å². The van der Waals surface area contributed by atoms with Crippen LogP contribution in [0.2, 0.25) is 0 Å². The van der Waals surface area contributed by atoms with E-state index in [-0.39, 0.29) is 11.8 Å². The molecule has 0 rings (SSSR count). The maximum Gasteiger partial charge on any atom is 0.326 e. The molecule has 0 aliphatic rings. The highest BCUT2D eigenvalue weighted by molar-refractivity contribution is 7.98. The molecule has 0 saturated heterocycles. The van der Waals surface area contributed by atoms with Crippen LogP contribution in [-0.2, 0) is 19.2 Å². The first-order valence-corrected chi connectivity index (χ1v) is 13.0. The van der Waals surface area contributed by atoms with E-state index in [2.05, 4.69) is 16.0 Å². The zero-order valence-corrected chi connectivity index (χ0v) is 21.4. The minimum Gasteiger partial charge on any atom is -0.480 e. The van der Waals surface area contributed by atoms with Crippen LogP contribution in [0.15, 0.2) is 0 Å². The maximum absolute atomic E-state index is 13.0. The van der Waals surface area contributed by atoms with Gasteiger partial charge in [0.2, 0.25) is 17.7 Å². The summed E-state index contributed by atoms with van der Waals surface area (Å²) in [7, 11) is 0. The lowest BCUT2D eigenvalue weighted by atomic mass is 9.98. The van der Waals surface area contributed by atoms with Crippen LogP contribution >= 0.6 is 11.8 Å². The number of amides is 3. The van der Waals surface area contributed by atoms with Crippen molar-refractivity contribution in [3.8, 4) is 0 Å². The summed E-state index contributed by atoms with van der Waals surface area (Å²) in [6.45, 7) is 7.67. The summed E-state index contributed by atoms with van der Waals surface area (Å²) in [5, 5.41) is 17.4. The molecule has 33 heavy (non-hydrogen) atoms. The molecule has 0 heterocycles. The Morgan fingerprint density at radius 2 is 1.52 bits per heavy atom. The number of carboxylic acid groups (broad SMARTS) is 1. The van der Waals surface area contributed by atoms with E-state index in [1.54, 1.807) is 20.8 Å². The third kappa shape index (κ3) is 11.7. The van der Waals surface area contributed by atoms with Gasteiger partial charge in [0.1, 0.15) is 18.1 Å². The van der Waals surface area contributed by atoms with Crippen molar-refractivity contribution in [3.63, 3.8) is 0 Å². The van der Waals surface area contributed by atoms with Gasteiger partial charge in [0.25, 0.3) is 0 Å². The summed E-state index contributed by atoms with van der Waals surface area (Å²) in [6, 6.07) is -3.61. The lowest BCUT2D eigenvalue weighted by Gasteiger charge is -2.28. The van der Waals surface area contributed by atoms with Crippen LogP contribution < -0.4 is 27.4 Å². The Labute approximate surface area is 201 Å². The van der Waals surface area contributed by atoms with Gasteiger partial charge < -0.3 is 32.5 Å². The number of carbonyl (C=O) groups excluding carboxylic acids is 3. The molecule has 10 nitrogen and oxygen atoms in total. The van der Waals surface area contributed by atoms with Crippen molar-refractivity contribution in [2.24, 2.45) is 23.3 Å². The SMILES string of the molecule is CCC(C)C(NC(=O)C(CCSC)NC(=O)C(NC(=O)C(N)CCCCN)C(C)C)C(=O)O. The Kier molecular flexibility index (Phi) is 15.8. The second-order valence-electron chi connectivity index (χ2n) is 8.67. The highest BCUT2D eigenvalue weighted by Gasteiger charge is 2.32. The van der Waals surface area contributed by atoms with E-state index in [4.69, 9.17) is 11.5 Å². The number of nitrogens with one attached hydrogen (secondary N) is 3. The minimum absolute atomic E-state index is 0.249. The van der Waals surface area contributed by atoms with E-state index >= 15 is 0 Å². The van der Waals surface area contributed by atoms with Crippen LogP contribution in [0.25, 0.3) is 0 Å². The van der Waals surface area contributed by atoms with E-state index in [0.29, 0.717) is 38.0 Å². The summed E-state index contributed by atoms with van der Waals surface area (Å²) in [4.78, 5) is 50.0. The number of hydrogen-bond acceptors (Lipinski definition) is 7. The average Bonchev–Trinajstić information content (AvgIpc) is 2.76. The fourth-order valence-electron chi connectivity index (χ4n) is 3.14. The van der Waals surface area contributed by atoms with Crippen LogP contribution in [-0.4, -0.2) is 71.5 Å². The molecule has 0 bridgehead atoms. The van der Waals surface area contributed by atoms with E-state index in [1.165, 1.54) is 11.8 Å². The Morgan fingerprint density at radius 3 is 2.00 bits per heavy atom. The lowest BCUT2D eigenvalue weighted by molar-refractivity contribution is -0.144. The zero-order valence-electron chi connectivity index (χ0n) is 20.6. The largest absolute Gasteiger partial charge is 0.480 e. The predicted molar refractivity (Wildman–Crippen MR) is 132 cm³/mol. The minimum atomic E-state index is -1.12. The molecule has 0 aliphatic heterocycles. The maximum atomic E-state index is 13.0. The number of hydrogen-bond donors (Lipinski definition) is 6. The number of carboxylic acids is 1. The monoisotopic (exact) mass is 489 g/mol. The molecular weight excluding hydrogens is 446 g/mol. The number of aliphatic carboxylic acids is 1. The predicted octanol–water partition coefficient (Wildman–Crippen LogP) is 0.437. The van der Waals surface area contributed by atoms with Gasteiger partial charge in [-0.3, -0.25) is 14.4 Å². The molecule has 8 N–H and O–H groups in total. The van der Waals surface area contributed by atoms with Crippen LogP contribution in [0, 0.1) is 11.8 Å². The standard InChI is InChI=1S/C22H43N5O5S/c1-6-14(4)18(22(31)32)27-20(29)16(10-12-33-5)25-21(30)17(13(2)3)26-19(28)15(24)9-7-8-11-23/h13-18H,6-12,23-24H2,1-5H3,(H,25,30)(H,26,28)(H,27,29)(H,31,32). The Balaban J connectivity index is 5.34. The molecule has 5 unspecified atom stereocenters. The highest BCUT2D eigenvalue weighted by Crippen LogP contribution is 2.11. The Bertz CT molecular complexity index is 634. The molecular formula is C22H43N5O5S. The van der Waals surface area contributed by atoms with Gasteiger partial charge in [0, 0.05) is 0 Å². The van der Waals surface area contributed by atoms with Crippen molar-refractivity contribution in [1.82, 2.24) is 16.0 Å². The fourth-order valence-corrected chi connectivity index (χ4v) is 3.61. The normalized spacial score (nSPS) is 15.8. The van der Waals surface area contributed by atoms with Crippen LogP contribution in [0.4, 0.5) is 0 Å². The lowest BCUT2D eigenvalue weighted by Crippen LogP contribution is -2.59. The molecule has 5 atom stereocenters. The van der Waals surface area contributed by atoms with E-state index in [1.807, 2.05) is 13.2 Å². The second kappa shape index (κ2) is 16.7. The molecule has 0 saturated carbocycles. The van der Waals surface area contributed by atoms with Gasteiger partial charge in [-0.15, -0.1) is 0 Å². The smallest absolute Gasteiger partial charge is 0.326 e. The quantitative estimate of drug-likeness (QED) is 0.159. The number of rotatable bonds is 17. The van der Waals surface area contributed by atoms with Crippen molar-refractivity contribution < 1.29 is 24.3 Å². The van der Waals surface area contributed by atoms with E-state index in [0.717, 1.165) is 6.42 Å². The second-order valence-corrected chi connectivity index (χ2v) is 9.66. The number of nitrogens with two attached hydrogens (primary N) is 2. The molecule has 0 radical (unpaired) electrons. The first-order chi connectivity index (χ1) is 15.5. The first kappa shape index (κ1) is 31.1. The van der Waals surface area contributed by atoms with Gasteiger partial charge >= 0.3 is 5.97 Å². The van der Waals surface area contributed by atoms with E-state index < -0.39 is 47.9 Å². The van der Waals surface area contributed by atoms with Gasteiger partial charge in [-0.2, -0.15) is 11.8 Å². The van der Waals surface area contributed by atoms with Gasteiger partial charge in [-0.05, 0) is 49.7 Å². The summed E-state index contributed by atoms with van der Waals surface area (Å²) in [5.41, 5.74) is 11.4. The molecule has 0 fully saturated rings. The molecule has 11 heteroatoms. The van der Waals surface area contributed by atoms with Crippen molar-refractivity contribution in [2.45, 2.75) is 84.0 Å². The van der Waals surface area contributed by atoms with Gasteiger partial charge in [-0.25, -0.2) is 4.79 Å².